The summed E-state index contributed by atoms with van der Waals surface area (Å²) in [5.74, 6) is 0. The predicted molar refractivity (Wildman–Crippen MR) is 165 cm³/mol. The van der Waals surface area contributed by atoms with Crippen molar-refractivity contribution in [1.82, 2.24) is 9.13 Å². The van der Waals surface area contributed by atoms with E-state index in [2.05, 4.69) is 65.2 Å². The Morgan fingerprint density at radius 2 is 1.03 bits per heavy atom. The second-order valence-electron chi connectivity index (χ2n) is 9.90. The SMILES string of the molecule is [2H]c1ccc(-n2c3ccccc3c3cc(-c4ccc5c(c4)c4ccccc4n5-c4c([2H])c([2H])c([2H])c(C)c4[2H])ccc32)cc1. The first-order valence-electron chi connectivity index (χ1n) is 15.5. The van der Waals surface area contributed by atoms with Crippen LogP contribution in [0.2, 0.25) is 0 Å². The topological polar surface area (TPSA) is 9.86 Å². The lowest BCUT2D eigenvalue weighted by Gasteiger charge is -2.10. The van der Waals surface area contributed by atoms with Crippen molar-refractivity contribution in [3.05, 3.63) is 145 Å². The number of fused-ring (bicyclic) bond motifs is 6. The maximum atomic E-state index is 8.84. The number of nitrogens with zero attached hydrogens (tertiary/aromatic N) is 2. The molecule has 0 radical (unpaired) electrons. The van der Waals surface area contributed by atoms with Gasteiger partial charge in [0.2, 0.25) is 0 Å². The number of hydrogen-bond donors (Lipinski definition) is 0. The first kappa shape index (κ1) is 17.4. The lowest BCUT2D eigenvalue weighted by molar-refractivity contribution is 1.17. The van der Waals surface area contributed by atoms with Crippen LogP contribution in [0.15, 0.2) is 139 Å². The molecule has 39 heavy (non-hydrogen) atoms. The average molecular weight is 504 g/mol. The summed E-state index contributed by atoms with van der Waals surface area (Å²) in [6, 6.07) is 37.0. The Kier molecular flexibility index (Phi) is 3.79. The van der Waals surface area contributed by atoms with Crippen LogP contribution < -0.4 is 0 Å². The zero-order valence-corrected chi connectivity index (χ0v) is 21.3. The molecule has 0 aliphatic heterocycles. The number of aromatic nitrogens is 2. The molecule has 0 aliphatic carbocycles. The largest absolute Gasteiger partial charge is 0.309 e. The molecule has 2 heteroatoms. The van der Waals surface area contributed by atoms with E-state index in [1.165, 1.54) is 0 Å². The summed E-state index contributed by atoms with van der Waals surface area (Å²) in [4.78, 5) is 0. The van der Waals surface area contributed by atoms with Crippen LogP contribution in [0.25, 0.3) is 66.1 Å². The highest BCUT2D eigenvalue weighted by atomic mass is 15.0. The molecule has 8 aromatic rings. The lowest BCUT2D eigenvalue weighted by atomic mass is 10.0. The summed E-state index contributed by atoms with van der Waals surface area (Å²) in [6.07, 6.45) is 0. The summed E-state index contributed by atoms with van der Waals surface area (Å²) in [5, 5.41) is 4.29. The van der Waals surface area contributed by atoms with Crippen LogP contribution in [0, 0.1) is 6.92 Å². The summed E-state index contributed by atoms with van der Waals surface area (Å²) < 4.78 is 46.3. The molecule has 8 rings (SSSR count). The molecule has 0 atom stereocenters. The van der Waals surface area contributed by atoms with E-state index in [4.69, 9.17) is 6.85 Å². The van der Waals surface area contributed by atoms with Gasteiger partial charge in [0.05, 0.1) is 28.9 Å². The third kappa shape index (κ3) is 3.35. The van der Waals surface area contributed by atoms with E-state index in [9.17, 15) is 0 Å². The van der Waals surface area contributed by atoms with Gasteiger partial charge in [0, 0.05) is 32.9 Å². The smallest absolute Gasteiger partial charge is 0.0648 e. The Bertz CT molecular complexity index is 2420. The van der Waals surface area contributed by atoms with Gasteiger partial charge < -0.3 is 9.13 Å². The van der Waals surface area contributed by atoms with Crippen LogP contribution in [0.1, 0.15) is 12.4 Å². The fourth-order valence-corrected chi connectivity index (χ4v) is 5.89. The van der Waals surface area contributed by atoms with Crippen LogP contribution in [0.4, 0.5) is 0 Å². The Balaban J connectivity index is 1.36. The lowest BCUT2D eigenvalue weighted by Crippen LogP contribution is -1.94. The van der Waals surface area contributed by atoms with Crippen molar-refractivity contribution in [2.45, 2.75) is 6.92 Å². The molecule has 0 saturated heterocycles. The van der Waals surface area contributed by atoms with Gasteiger partial charge in [-0.15, -0.1) is 0 Å². The molecular weight excluding hydrogens is 472 g/mol. The molecule has 6 aromatic carbocycles. The van der Waals surface area contributed by atoms with E-state index >= 15 is 0 Å². The third-order valence-corrected chi connectivity index (χ3v) is 7.60. The van der Waals surface area contributed by atoms with Gasteiger partial charge in [0.1, 0.15) is 0 Å². The van der Waals surface area contributed by atoms with Gasteiger partial charge in [0.25, 0.3) is 0 Å². The van der Waals surface area contributed by atoms with Crippen LogP contribution >= 0.6 is 0 Å². The molecule has 2 heterocycles. The molecule has 2 aromatic heterocycles. The normalized spacial score (nSPS) is 13.5. The Labute approximate surface area is 234 Å². The molecule has 0 amide bonds. The number of para-hydroxylation sites is 3. The molecule has 0 fully saturated rings. The fourth-order valence-electron chi connectivity index (χ4n) is 5.89. The second-order valence-corrected chi connectivity index (χ2v) is 9.90. The van der Waals surface area contributed by atoms with E-state index in [1.54, 1.807) is 6.92 Å². The number of rotatable bonds is 3. The first-order valence-corrected chi connectivity index (χ1v) is 13.0. The quantitative estimate of drug-likeness (QED) is 0.227. The summed E-state index contributed by atoms with van der Waals surface area (Å²) in [7, 11) is 0. The molecule has 0 aliphatic rings. The molecule has 0 bridgehead atoms. The van der Waals surface area contributed by atoms with E-state index in [0.717, 1.165) is 60.4 Å². The fraction of sp³-hybridized carbons (Fsp3) is 0.0270. The minimum absolute atomic E-state index is 0.0723. The molecule has 0 spiro atoms. The predicted octanol–water partition coefficient (Wildman–Crippen LogP) is 9.86. The Hall–Kier alpha value is -5.08. The van der Waals surface area contributed by atoms with E-state index in [-0.39, 0.29) is 24.2 Å². The van der Waals surface area contributed by atoms with Crippen LogP contribution in [-0.4, -0.2) is 9.13 Å². The number of hydrogen-bond acceptors (Lipinski definition) is 0. The first-order chi connectivity index (χ1) is 21.3. The molecule has 0 N–H and O–H groups in total. The zero-order chi connectivity index (χ0) is 30.3. The maximum Gasteiger partial charge on any atom is 0.0648 e. The Morgan fingerprint density at radius 3 is 1.64 bits per heavy atom. The molecular formula is C37H26N2. The van der Waals surface area contributed by atoms with Gasteiger partial charge in [-0.05, 0) is 84.2 Å². The highest BCUT2D eigenvalue weighted by Crippen LogP contribution is 2.38. The highest BCUT2D eigenvalue weighted by molar-refractivity contribution is 6.12. The van der Waals surface area contributed by atoms with Crippen LogP contribution in [0.5, 0.6) is 0 Å². The zero-order valence-electron chi connectivity index (χ0n) is 26.3. The van der Waals surface area contributed by atoms with Crippen molar-refractivity contribution < 1.29 is 6.85 Å². The molecule has 0 unspecified atom stereocenters. The standard InChI is InChI=1S/C37H26N2/c1-25-10-9-13-29(22-25)39-35-17-8-6-15-31(35)33-24-27(19-21-37(33)39)26-18-20-36-32(23-26)30-14-5-7-16-34(30)38(36)28-11-3-2-4-12-28/h2-24H,1H3/i2D,9D,10D,13D,22D. The molecule has 0 saturated carbocycles. The van der Waals surface area contributed by atoms with Crippen LogP contribution in [-0.2, 0) is 0 Å². The van der Waals surface area contributed by atoms with Gasteiger partial charge in [-0.3, -0.25) is 0 Å². The third-order valence-electron chi connectivity index (χ3n) is 7.60. The van der Waals surface area contributed by atoms with Crippen molar-refractivity contribution >= 4 is 43.6 Å². The molecule has 2 nitrogen and oxygen atoms in total. The van der Waals surface area contributed by atoms with E-state index < -0.39 is 0 Å². The monoisotopic (exact) mass is 503 g/mol. The van der Waals surface area contributed by atoms with Crippen molar-refractivity contribution in [2.75, 3.05) is 0 Å². The Morgan fingerprint density at radius 1 is 0.487 bits per heavy atom. The van der Waals surface area contributed by atoms with E-state index in [1.807, 2.05) is 53.1 Å². The van der Waals surface area contributed by atoms with Crippen molar-refractivity contribution in [3.8, 4) is 22.5 Å². The van der Waals surface area contributed by atoms with E-state index in [0.29, 0.717) is 17.3 Å². The second kappa shape index (κ2) is 8.47. The summed E-state index contributed by atoms with van der Waals surface area (Å²) >= 11 is 0. The van der Waals surface area contributed by atoms with Crippen LogP contribution in [0.3, 0.4) is 0 Å². The van der Waals surface area contributed by atoms with Crippen molar-refractivity contribution in [1.29, 1.82) is 0 Å². The minimum atomic E-state index is -0.167. The van der Waals surface area contributed by atoms with Gasteiger partial charge in [-0.25, -0.2) is 0 Å². The minimum Gasteiger partial charge on any atom is -0.309 e. The van der Waals surface area contributed by atoms with Gasteiger partial charge >= 0.3 is 0 Å². The molecule has 184 valence electrons. The van der Waals surface area contributed by atoms with Crippen molar-refractivity contribution in [2.24, 2.45) is 0 Å². The van der Waals surface area contributed by atoms with Crippen molar-refractivity contribution in [3.63, 3.8) is 0 Å². The maximum absolute atomic E-state index is 8.84. The van der Waals surface area contributed by atoms with Gasteiger partial charge in [0.15, 0.2) is 0 Å². The number of benzene rings is 6. The highest BCUT2D eigenvalue weighted by Gasteiger charge is 2.15. The van der Waals surface area contributed by atoms with Gasteiger partial charge in [-0.1, -0.05) is 78.8 Å². The average Bonchev–Trinajstić information content (AvgIpc) is 3.56. The summed E-state index contributed by atoms with van der Waals surface area (Å²) in [5.41, 5.74) is 7.77. The summed E-state index contributed by atoms with van der Waals surface area (Å²) in [6.45, 7) is 1.68. The van der Waals surface area contributed by atoms with Gasteiger partial charge in [-0.2, -0.15) is 0 Å².